The summed E-state index contributed by atoms with van der Waals surface area (Å²) < 4.78 is 12.3. The topological polar surface area (TPSA) is 50.8 Å². The van der Waals surface area contributed by atoms with Crippen molar-refractivity contribution in [2.75, 3.05) is 13.6 Å². The van der Waals surface area contributed by atoms with E-state index in [1.807, 2.05) is 32.7 Å². The van der Waals surface area contributed by atoms with E-state index < -0.39 is 13.9 Å². The van der Waals surface area contributed by atoms with Gasteiger partial charge < -0.3 is 19.4 Å². The zero-order valence-electron chi connectivity index (χ0n) is 19.4. The van der Waals surface area contributed by atoms with Crippen molar-refractivity contribution in [1.82, 2.24) is 10.2 Å². The highest BCUT2D eigenvalue weighted by molar-refractivity contribution is 6.74. The maximum Gasteiger partial charge on any atom is 0.410 e. The molecular formula is C21H44N2O3Si. The molecule has 1 rings (SSSR count). The minimum absolute atomic E-state index is 0.104. The molecule has 0 heterocycles. The number of hydrogen-bond acceptors (Lipinski definition) is 4. The van der Waals surface area contributed by atoms with Crippen LogP contribution < -0.4 is 5.32 Å². The average Bonchev–Trinajstić information content (AvgIpc) is 2.46. The van der Waals surface area contributed by atoms with Crippen LogP contribution in [0.25, 0.3) is 0 Å². The predicted octanol–water partition coefficient (Wildman–Crippen LogP) is 5.16. The van der Waals surface area contributed by atoms with E-state index in [-0.39, 0.29) is 23.2 Å². The first-order valence-corrected chi connectivity index (χ1v) is 13.4. The molecule has 1 saturated carbocycles. The number of rotatable bonds is 6. The Morgan fingerprint density at radius 1 is 1.11 bits per heavy atom. The van der Waals surface area contributed by atoms with Crippen molar-refractivity contribution in [3.8, 4) is 0 Å². The number of nitrogens with zero attached hydrogens (tertiary/aromatic N) is 1. The SMILES string of the molecule is CNC[C@H](C)N(C(=O)OC(C)(C)C)C1CCC(O[Si](C)(C)C(C)(C)C)CC1. The van der Waals surface area contributed by atoms with Crippen LogP contribution in [0, 0.1) is 0 Å². The minimum Gasteiger partial charge on any atom is -0.444 e. The van der Waals surface area contributed by atoms with E-state index in [0.717, 1.165) is 32.2 Å². The van der Waals surface area contributed by atoms with Crippen molar-refractivity contribution in [2.45, 2.75) is 116 Å². The summed E-state index contributed by atoms with van der Waals surface area (Å²) in [6.07, 6.45) is 4.12. The molecule has 160 valence electrons. The molecule has 1 amide bonds. The zero-order valence-corrected chi connectivity index (χ0v) is 20.4. The fourth-order valence-corrected chi connectivity index (χ4v) is 4.85. The third-order valence-electron chi connectivity index (χ3n) is 5.88. The Balaban J connectivity index is 2.77. The van der Waals surface area contributed by atoms with Gasteiger partial charge >= 0.3 is 6.09 Å². The highest BCUT2D eigenvalue weighted by Crippen LogP contribution is 2.39. The van der Waals surface area contributed by atoms with Gasteiger partial charge in [0.25, 0.3) is 0 Å². The Bertz CT molecular complexity index is 475. The second-order valence-corrected chi connectivity index (χ2v) is 15.4. The van der Waals surface area contributed by atoms with Crippen molar-refractivity contribution in [3.05, 3.63) is 0 Å². The van der Waals surface area contributed by atoms with Gasteiger partial charge in [0.2, 0.25) is 0 Å². The molecule has 1 N–H and O–H groups in total. The first-order chi connectivity index (χ1) is 12.2. The fourth-order valence-electron chi connectivity index (χ4n) is 3.43. The zero-order chi connectivity index (χ0) is 21.0. The lowest BCUT2D eigenvalue weighted by Gasteiger charge is -2.44. The molecule has 0 aromatic rings. The molecule has 1 atom stereocenters. The van der Waals surface area contributed by atoms with Crippen molar-refractivity contribution >= 4 is 14.4 Å². The van der Waals surface area contributed by atoms with E-state index in [4.69, 9.17) is 9.16 Å². The fraction of sp³-hybridized carbons (Fsp3) is 0.952. The quantitative estimate of drug-likeness (QED) is 0.625. The van der Waals surface area contributed by atoms with Gasteiger partial charge in [0.1, 0.15) is 5.60 Å². The van der Waals surface area contributed by atoms with Gasteiger partial charge in [0.05, 0.1) is 0 Å². The van der Waals surface area contributed by atoms with E-state index >= 15 is 0 Å². The Kier molecular flexibility index (Phi) is 8.39. The molecule has 0 saturated heterocycles. The van der Waals surface area contributed by atoms with Gasteiger partial charge in [0.15, 0.2) is 8.32 Å². The summed E-state index contributed by atoms with van der Waals surface area (Å²) in [6.45, 7) is 20.1. The number of amides is 1. The first kappa shape index (κ1) is 24.4. The molecule has 1 fully saturated rings. The van der Waals surface area contributed by atoms with Crippen LogP contribution in [-0.2, 0) is 9.16 Å². The van der Waals surface area contributed by atoms with Crippen LogP contribution in [0.2, 0.25) is 18.1 Å². The van der Waals surface area contributed by atoms with Gasteiger partial charge in [-0.3, -0.25) is 0 Å². The highest BCUT2D eigenvalue weighted by atomic mass is 28.4. The van der Waals surface area contributed by atoms with Gasteiger partial charge in [-0.2, -0.15) is 0 Å². The van der Waals surface area contributed by atoms with Gasteiger partial charge in [0, 0.05) is 24.7 Å². The molecule has 0 aromatic carbocycles. The van der Waals surface area contributed by atoms with Crippen LogP contribution in [0.15, 0.2) is 0 Å². The summed E-state index contributed by atoms with van der Waals surface area (Å²) in [4.78, 5) is 14.8. The van der Waals surface area contributed by atoms with E-state index in [2.05, 4.69) is 46.1 Å². The molecule has 6 heteroatoms. The predicted molar refractivity (Wildman–Crippen MR) is 116 cm³/mol. The van der Waals surface area contributed by atoms with Crippen LogP contribution in [0.4, 0.5) is 4.79 Å². The van der Waals surface area contributed by atoms with Gasteiger partial charge in [-0.05, 0) is 78.6 Å². The normalized spacial score (nSPS) is 23.0. The number of likely N-dealkylation sites (N-methyl/N-ethyl adjacent to an activating group) is 1. The summed E-state index contributed by atoms with van der Waals surface area (Å²) in [5, 5.41) is 3.42. The molecule has 0 aliphatic heterocycles. The lowest BCUT2D eigenvalue weighted by atomic mass is 9.91. The summed E-state index contributed by atoms with van der Waals surface area (Å²) in [5.74, 6) is 0. The number of nitrogens with one attached hydrogen (secondary N) is 1. The summed E-state index contributed by atoms with van der Waals surface area (Å²) in [6, 6.07) is 0.329. The van der Waals surface area contributed by atoms with Crippen LogP contribution in [0.5, 0.6) is 0 Å². The number of hydrogen-bond donors (Lipinski definition) is 1. The highest BCUT2D eigenvalue weighted by Gasteiger charge is 2.41. The number of carbonyl (C=O) groups excluding carboxylic acids is 1. The van der Waals surface area contributed by atoms with Crippen molar-refractivity contribution in [3.63, 3.8) is 0 Å². The lowest BCUT2D eigenvalue weighted by molar-refractivity contribution is -0.00415. The smallest absolute Gasteiger partial charge is 0.410 e. The molecule has 0 spiro atoms. The molecular weight excluding hydrogens is 356 g/mol. The molecule has 5 nitrogen and oxygen atoms in total. The van der Waals surface area contributed by atoms with Crippen LogP contribution >= 0.6 is 0 Å². The Morgan fingerprint density at radius 3 is 2.04 bits per heavy atom. The minimum atomic E-state index is -1.74. The van der Waals surface area contributed by atoms with Gasteiger partial charge in [-0.15, -0.1) is 0 Å². The maximum absolute atomic E-state index is 12.9. The second kappa shape index (κ2) is 9.27. The molecule has 0 aromatic heterocycles. The molecule has 0 radical (unpaired) electrons. The Hall–Kier alpha value is -0.593. The summed E-state index contributed by atoms with van der Waals surface area (Å²) in [5.41, 5.74) is -0.475. The molecule has 0 bridgehead atoms. The Labute approximate surface area is 168 Å². The third-order valence-corrected chi connectivity index (χ3v) is 10.4. The molecule has 27 heavy (non-hydrogen) atoms. The lowest BCUT2D eigenvalue weighted by Crippen LogP contribution is -2.53. The molecule has 1 aliphatic rings. The van der Waals surface area contributed by atoms with Crippen molar-refractivity contribution < 1.29 is 14.0 Å². The summed E-state index contributed by atoms with van der Waals surface area (Å²) in [7, 11) is 0.180. The standard InChI is InChI=1S/C21H44N2O3Si/c1-16(15-22-8)23(19(24)25-20(2,3)4)17-11-13-18(14-12-17)26-27(9,10)21(5,6)7/h16-18,22H,11-15H2,1-10H3/t16-,17?,18?/m0/s1. The van der Waals surface area contributed by atoms with Crippen LogP contribution in [-0.4, -0.2) is 56.7 Å². The molecule has 1 aliphatic carbocycles. The van der Waals surface area contributed by atoms with Gasteiger partial charge in [-0.1, -0.05) is 20.8 Å². The number of ether oxygens (including phenoxy) is 1. The largest absolute Gasteiger partial charge is 0.444 e. The first-order valence-electron chi connectivity index (χ1n) is 10.5. The van der Waals surface area contributed by atoms with Gasteiger partial charge in [-0.25, -0.2) is 4.79 Å². The summed E-state index contributed by atoms with van der Waals surface area (Å²) >= 11 is 0. The second-order valence-electron chi connectivity index (χ2n) is 10.6. The average molecular weight is 401 g/mol. The van der Waals surface area contributed by atoms with E-state index in [1.165, 1.54) is 0 Å². The molecule has 0 unspecified atom stereocenters. The third kappa shape index (κ3) is 7.39. The van der Waals surface area contributed by atoms with E-state index in [0.29, 0.717) is 6.10 Å². The van der Waals surface area contributed by atoms with Crippen molar-refractivity contribution in [2.24, 2.45) is 0 Å². The van der Waals surface area contributed by atoms with E-state index in [9.17, 15) is 4.79 Å². The Morgan fingerprint density at radius 2 is 1.63 bits per heavy atom. The van der Waals surface area contributed by atoms with E-state index in [1.54, 1.807) is 0 Å². The maximum atomic E-state index is 12.9. The van der Waals surface area contributed by atoms with Crippen molar-refractivity contribution in [1.29, 1.82) is 0 Å². The monoisotopic (exact) mass is 400 g/mol. The van der Waals surface area contributed by atoms with Crippen LogP contribution in [0.1, 0.15) is 74.1 Å². The van der Waals surface area contributed by atoms with Crippen LogP contribution in [0.3, 0.4) is 0 Å². The number of carbonyl (C=O) groups is 1.